The maximum atomic E-state index is 6.47. The SMILES string of the molecule is CCCN(CC1CCC2(CCCC2)O1)c1cccc(N)c1. The van der Waals surface area contributed by atoms with Crippen molar-refractivity contribution in [3.8, 4) is 0 Å². The lowest BCUT2D eigenvalue weighted by atomic mass is 9.98. The van der Waals surface area contributed by atoms with Crippen LogP contribution in [-0.4, -0.2) is 24.8 Å². The van der Waals surface area contributed by atoms with Gasteiger partial charge in [-0.25, -0.2) is 0 Å². The lowest BCUT2D eigenvalue weighted by Gasteiger charge is -2.29. The topological polar surface area (TPSA) is 38.5 Å². The Hall–Kier alpha value is -1.22. The fraction of sp³-hybridized carbons (Fsp3) is 0.667. The van der Waals surface area contributed by atoms with E-state index in [1.807, 2.05) is 12.1 Å². The van der Waals surface area contributed by atoms with Crippen LogP contribution in [0.1, 0.15) is 51.9 Å². The molecule has 1 aliphatic carbocycles. The lowest BCUT2D eigenvalue weighted by Crippen LogP contribution is -2.35. The molecule has 21 heavy (non-hydrogen) atoms. The van der Waals surface area contributed by atoms with E-state index in [1.54, 1.807) is 0 Å². The van der Waals surface area contributed by atoms with E-state index in [0.717, 1.165) is 25.2 Å². The van der Waals surface area contributed by atoms with Crippen LogP contribution in [0.4, 0.5) is 11.4 Å². The molecule has 2 N–H and O–H groups in total. The summed E-state index contributed by atoms with van der Waals surface area (Å²) in [4.78, 5) is 2.44. The summed E-state index contributed by atoms with van der Waals surface area (Å²) in [6.45, 7) is 4.29. The van der Waals surface area contributed by atoms with Crippen molar-refractivity contribution in [1.29, 1.82) is 0 Å². The normalized spacial score (nSPS) is 23.8. The average Bonchev–Trinajstić information content (AvgIpc) is 3.09. The number of nitrogen functional groups attached to an aromatic ring is 1. The molecule has 1 aromatic rings. The number of rotatable bonds is 5. The highest BCUT2D eigenvalue weighted by atomic mass is 16.5. The smallest absolute Gasteiger partial charge is 0.0758 e. The first-order valence-corrected chi connectivity index (χ1v) is 8.49. The molecule has 1 spiro atoms. The van der Waals surface area contributed by atoms with Gasteiger partial charge < -0.3 is 15.4 Å². The highest BCUT2D eigenvalue weighted by molar-refractivity contribution is 5.56. The Kier molecular flexibility index (Phi) is 4.39. The van der Waals surface area contributed by atoms with E-state index in [1.165, 1.54) is 44.2 Å². The van der Waals surface area contributed by atoms with Crippen LogP contribution in [0, 0.1) is 0 Å². The van der Waals surface area contributed by atoms with Gasteiger partial charge in [0.15, 0.2) is 0 Å². The molecule has 1 saturated carbocycles. The van der Waals surface area contributed by atoms with Gasteiger partial charge in [-0.3, -0.25) is 0 Å². The first kappa shape index (κ1) is 14.7. The molecular weight excluding hydrogens is 260 g/mol. The van der Waals surface area contributed by atoms with Crippen LogP contribution >= 0.6 is 0 Å². The second-order valence-electron chi connectivity index (χ2n) is 6.71. The Morgan fingerprint density at radius 2 is 2.10 bits per heavy atom. The van der Waals surface area contributed by atoms with Crippen molar-refractivity contribution in [1.82, 2.24) is 0 Å². The molecule has 1 aromatic carbocycles. The van der Waals surface area contributed by atoms with Gasteiger partial charge in [-0.05, 0) is 50.3 Å². The van der Waals surface area contributed by atoms with Gasteiger partial charge in [0.25, 0.3) is 0 Å². The third-order valence-electron chi connectivity index (χ3n) is 5.01. The summed E-state index contributed by atoms with van der Waals surface area (Å²) in [5.74, 6) is 0. The molecule has 1 atom stereocenters. The van der Waals surface area contributed by atoms with Crippen LogP contribution in [-0.2, 0) is 4.74 Å². The Morgan fingerprint density at radius 3 is 2.81 bits per heavy atom. The Morgan fingerprint density at radius 1 is 1.29 bits per heavy atom. The first-order valence-electron chi connectivity index (χ1n) is 8.49. The second-order valence-corrected chi connectivity index (χ2v) is 6.71. The van der Waals surface area contributed by atoms with Crippen molar-refractivity contribution in [2.75, 3.05) is 23.7 Å². The van der Waals surface area contributed by atoms with E-state index in [9.17, 15) is 0 Å². The molecule has 3 rings (SSSR count). The molecule has 2 aliphatic rings. The predicted molar refractivity (Wildman–Crippen MR) is 88.7 cm³/mol. The number of hydrogen-bond acceptors (Lipinski definition) is 3. The fourth-order valence-electron chi connectivity index (χ4n) is 3.97. The summed E-state index contributed by atoms with van der Waals surface area (Å²) in [5.41, 5.74) is 8.24. The fourth-order valence-corrected chi connectivity index (χ4v) is 3.97. The molecule has 116 valence electrons. The Labute approximate surface area is 128 Å². The maximum Gasteiger partial charge on any atom is 0.0758 e. The van der Waals surface area contributed by atoms with Gasteiger partial charge in [0.1, 0.15) is 0 Å². The number of benzene rings is 1. The molecule has 0 aromatic heterocycles. The van der Waals surface area contributed by atoms with Crippen LogP contribution in [0.3, 0.4) is 0 Å². The summed E-state index contributed by atoms with van der Waals surface area (Å²) >= 11 is 0. The zero-order chi connectivity index (χ0) is 14.7. The molecule has 3 heteroatoms. The van der Waals surface area contributed by atoms with Crippen molar-refractivity contribution in [3.05, 3.63) is 24.3 Å². The summed E-state index contributed by atoms with van der Waals surface area (Å²) < 4.78 is 6.47. The van der Waals surface area contributed by atoms with Gasteiger partial charge in [0, 0.05) is 24.5 Å². The average molecular weight is 288 g/mol. The minimum atomic E-state index is 0.234. The number of nitrogens with two attached hydrogens (primary N) is 1. The number of anilines is 2. The summed E-state index contributed by atoms with van der Waals surface area (Å²) in [5, 5.41) is 0. The van der Waals surface area contributed by atoms with E-state index < -0.39 is 0 Å². The summed E-state index contributed by atoms with van der Waals surface area (Å²) in [7, 11) is 0. The molecule has 1 aliphatic heterocycles. The number of nitrogens with zero attached hydrogens (tertiary/aromatic N) is 1. The lowest BCUT2D eigenvalue weighted by molar-refractivity contribution is -0.0327. The highest BCUT2D eigenvalue weighted by Gasteiger charge is 2.42. The largest absolute Gasteiger partial charge is 0.399 e. The molecule has 3 nitrogen and oxygen atoms in total. The predicted octanol–water partition coefficient (Wildman–Crippen LogP) is 3.98. The van der Waals surface area contributed by atoms with Gasteiger partial charge in [0.2, 0.25) is 0 Å². The van der Waals surface area contributed by atoms with Crippen molar-refractivity contribution in [3.63, 3.8) is 0 Å². The van der Waals surface area contributed by atoms with Gasteiger partial charge in [0.05, 0.1) is 11.7 Å². The minimum absolute atomic E-state index is 0.234. The van der Waals surface area contributed by atoms with E-state index in [2.05, 4.69) is 24.0 Å². The molecule has 0 radical (unpaired) electrons. The zero-order valence-corrected chi connectivity index (χ0v) is 13.2. The van der Waals surface area contributed by atoms with Gasteiger partial charge >= 0.3 is 0 Å². The van der Waals surface area contributed by atoms with Crippen LogP contribution in [0.25, 0.3) is 0 Å². The molecule has 1 saturated heterocycles. The van der Waals surface area contributed by atoms with Gasteiger partial charge in [-0.15, -0.1) is 0 Å². The van der Waals surface area contributed by atoms with E-state index in [-0.39, 0.29) is 5.60 Å². The number of hydrogen-bond donors (Lipinski definition) is 1. The molecule has 1 unspecified atom stereocenters. The van der Waals surface area contributed by atoms with Crippen LogP contribution in [0.5, 0.6) is 0 Å². The van der Waals surface area contributed by atoms with Crippen molar-refractivity contribution in [2.24, 2.45) is 0 Å². The Balaban J connectivity index is 1.65. The molecule has 0 amide bonds. The van der Waals surface area contributed by atoms with Crippen LogP contribution < -0.4 is 10.6 Å². The van der Waals surface area contributed by atoms with Crippen molar-refractivity contribution >= 4 is 11.4 Å². The quantitative estimate of drug-likeness (QED) is 0.833. The maximum absolute atomic E-state index is 6.47. The monoisotopic (exact) mass is 288 g/mol. The molecular formula is C18H28N2O. The molecule has 2 fully saturated rings. The zero-order valence-electron chi connectivity index (χ0n) is 13.2. The standard InChI is InChI=1S/C18H28N2O/c1-2-12-20(16-7-5-6-15(19)13-16)14-17-8-11-18(21-17)9-3-4-10-18/h5-7,13,17H,2-4,8-12,14,19H2,1H3. The number of ether oxygens (including phenoxy) is 1. The van der Waals surface area contributed by atoms with Gasteiger partial charge in [-0.1, -0.05) is 25.8 Å². The summed E-state index contributed by atoms with van der Waals surface area (Å²) in [6, 6.07) is 8.23. The molecule has 1 heterocycles. The third kappa shape index (κ3) is 3.34. The highest BCUT2D eigenvalue weighted by Crippen LogP contribution is 2.43. The van der Waals surface area contributed by atoms with E-state index in [0.29, 0.717) is 6.10 Å². The summed E-state index contributed by atoms with van der Waals surface area (Å²) in [6.07, 6.45) is 9.24. The minimum Gasteiger partial charge on any atom is -0.399 e. The first-order chi connectivity index (χ1) is 10.2. The van der Waals surface area contributed by atoms with Crippen LogP contribution in [0.15, 0.2) is 24.3 Å². The van der Waals surface area contributed by atoms with Crippen molar-refractivity contribution in [2.45, 2.75) is 63.6 Å². The van der Waals surface area contributed by atoms with E-state index >= 15 is 0 Å². The van der Waals surface area contributed by atoms with Gasteiger partial charge in [-0.2, -0.15) is 0 Å². The van der Waals surface area contributed by atoms with E-state index in [4.69, 9.17) is 10.5 Å². The van der Waals surface area contributed by atoms with Crippen molar-refractivity contribution < 1.29 is 4.74 Å². The third-order valence-corrected chi connectivity index (χ3v) is 5.01. The molecule has 0 bridgehead atoms. The Bertz CT molecular complexity index is 468. The van der Waals surface area contributed by atoms with Crippen LogP contribution in [0.2, 0.25) is 0 Å². The second kappa shape index (κ2) is 6.27.